The van der Waals surface area contributed by atoms with Gasteiger partial charge < -0.3 is 10.1 Å². The average molecular weight is 356 g/mol. The van der Waals surface area contributed by atoms with Crippen molar-refractivity contribution in [1.29, 1.82) is 0 Å². The van der Waals surface area contributed by atoms with Gasteiger partial charge in [-0.1, -0.05) is 47.1 Å². The van der Waals surface area contributed by atoms with Crippen molar-refractivity contribution < 1.29 is 13.5 Å². The fourth-order valence-electron chi connectivity index (χ4n) is 2.12. The van der Waals surface area contributed by atoms with Crippen LogP contribution in [0.2, 0.25) is 0 Å². The first-order chi connectivity index (χ1) is 10.1. The molecule has 0 aliphatic carbocycles. The number of para-hydroxylation sites is 2. The molecule has 0 bridgehead atoms. The van der Waals surface area contributed by atoms with E-state index in [1.54, 1.807) is 18.2 Å². The Bertz CT molecular complexity index is 592. The number of benzene rings is 2. The van der Waals surface area contributed by atoms with Gasteiger partial charge in [0.25, 0.3) is 0 Å². The van der Waals surface area contributed by atoms with E-state index < -0.39 is 6.61 Å². The van der Waals surface area contributed by atoms with E-state index >= 15 is 0 Å². The monoisotopic (exact) mass is 355 g/mol. The third kappa shape index (κ3) is 4.43. The molecule has 112 valence electrons. The molecule has 1 N–H and O–H groups in total. The smallest absolute Gasteiger partial charge is 0.387 e. The van der Waals surface area contributed by atoms with Crippen molar-refractivity contribution in [2.24, 2.45) is 0 Å². The normalized spacial score (nSPS) is 12.2. The number of alkyl halides is 2. The van der Waals surface area contributed by atoms with Gasteiger partial charge in [0.15, 0.2) is 0 Å². The minimum absolute atomic E-state index is 0.0184. The molecule has 0 amide bonds. The fourth-order valence-corrected chi connectivity index (χ4v) is 2.53. The Morgan fingerprint density at radius 3 is 2.57 bits per heavy atom. The van der Waals surface area contributed by atoms with Crippen LogP contribution in [0.25, 0.3) is 0 Å². The van der Waals surface area contributed by atoms with Crippen LogP contribution in [0.15, 0.2) is 53.0 Å². The lowest BCUT2D eigenvalue weighted by Crippen LogP contribution is -2.12. The molecule has 5 heteroatoms. The molecule has 0 saturated heterocycles. The molecule has 2 aromatic carbocycles. The van der Waals surface area contributed by atoms with E-state index in [9.17, 15) is 8.78 Å². The van der Waals surface area contributed by atoms with Gasteiger partial charge in [0.1, 0.15) is 5.75 Å². The quantitative estimate of drug-likeness (QED) is 0.726. The average Bonchev–Trinajstić information content (AvgIpc) is 2.45. The second kappa shape index (κ2) is 7.41. The van der Waals surface area contributed by atoms with Crippen LogP contribution >= 0.6 is 15.9 Å². The molecule has 1 atom stereocenters. The molecule has 0 aliphatic rings. The van der Waals surface area contributed by atoms with Crippen LogP contribution in [0.4, 0.5) is 14.5 Å². The van der Waals surface area contributed by atoms with Crippen LogP contribution in [0.1, 0.15) is 24.9 Å². The van der Waals surface area contributed by atoms with Crippen LogP contribution in [0, 0.1) is 0 Å². The molecule has 0 heterocycles. The Morgan fingerprint density at radius 1 is 1.14 bits per heavy atom. The van der Waals surface area contributed by atoms with Gasteiger partial charge in [-0.3, -0.25) is 0 Å². The lowest BCUT2D eigenvalue weighted by atomic mass is 10.0. The van der Waals surface area contributed by atoms with E-state index in [1.807, 2.05) is 31.2 Å². The van der Waals surface area contributed by atoms with Gasteiger partial charge in [0.2, 0.25) is 0 Å². The Labute approximate surface area is 131 Å². The number of hydrogen-bond donors (Lipinski definition) is 1. The predicted octanol–water partition coefficient (Wildman–Crippen LogP) is 5.61. The molecule has 2 rings (SSSR count). The number of rotatable bonds is 6. The summed E-state index contributed by atoms with van der Waals surface area (Å²) in [5.41, 5.74) is 1.64. The highest BCUT2D eigenvalue weighted by Crippen LogP contribution is 2.31. The van der Waals surface area contributed by atoms with E-state index in [-0.39, 0.29) is 11.8 Å². The summed E-state index contributed by atoms with van der Waals surface area (Å²) in [6, 6.07) is 14.7. The number of nitrogens with one attached hydrogen (secondary N) is 1. The van der Waals surface area contributed by atoms with Crippen LogP contribution in [0.5, 0.6) is 5.75 Å². The molecule has 0 aromatic heterocycles. The molecule has 0 spiro atoms. The van der Waals surface area contributed by atoms with Crippen molar-refractivity contribution in [3.8, 4) is 5.75 Å². The summed E-state index contributed by atoms with van der Waals surface area (Å²) in [5, 5.41) is 3.27. The molecule has 2 aromatic rings. The van der Waals surface area contributed by atoms with E-state index in [0.29, 0.717) is 5.69 Å². The third-order valence-electron chi connectivity index (χ3n) is 3.09. The number of hydrogen-bond acceptors (Lipinski definition) is 2. The van der Waals surface area contributed by atoms with Crippen molar-refractivity contribution in [2.45, 2.75) is 26.0 Å². The Kier molecular flexibility index (Phi) is 5.56. The summed E-state index contributed by atoms with van der Waals surface area (Å²) in [5.74, 6) is 0.154. The van der Waals surface area contributed by atoms with Crippen molar-refractivity contribution >= 4 is 21.6 Å². The molecular formula is C16H16BrF2NO. The first-order valence-corrected chi connectivity index (χ1v) is 7.45. The zero-order chi connectivity index (χ0) is 15.2. The van der Waals surface area contributed by atoms with Crippen molar-refractivity contribution in [3.05, 3.63) is 58.6 Å². The van der Waals surface area contributed by atoms with Gasteiger partial charge in [-0.25, -0.2) is 0 Å². The first kappa shape index (κ1) is 15.8. The topological polar surface area (TPSA) is 21.3 Å². The molecule has 0 fully saturated rings. The van der Waals surface area contributed by atoms with Crippen molar-refractivity contribution in [1.82, 2.24) is 0 Å². The fraction of sp³-hybridized carbons (Fsp3) is 0.250. The van der Waals surface area contributed by atoms with Gasteiger partial charge in [-0.2, -0.15) is 8.78 Å². The number of halogens is 3. The second-order valence-corrected chi connectivity index (χ2v) is 5.45. The molecule has 1 unspecified atom stereocenters. The maximum atomic E-state index is 12.4. The summed E-state index contributed by atoms with van der Waals surface area (Å²) in [7, 11) is 0. The second-order valence-electron chi connectivity index (χ2n) is 4.53. The minimum atomic E-state index is -2.83. The first-order valence-electron chi connectivity index (χ1n) is 6.66. The van der Waals surface area contributed by atoms with E-state index in [4.69, 9.17) is 0 Å². The standard InChI is InChI=1S/C16H16BrF2NO/c1-2-13(11-6-5-7-12(17)10-11)20-14-8-3-4-9-15(14)21-16(18)19/h3-10,13,16,20H,2H2,1H3. The summed E-state index contributed by atoms with van der Waals surface area (Å²) in [6.07, 6.45) is 0.819. The summed E-state index contributed by atoms with van der Waals surface area (Å²) >= 11 is 3.44. The van der Waals surface area contributed by atoms with Crippen molar-refractivity contribution in [3.63, 3.8) is 0 Å². The maximum Gasteiger partial charge on any atom is 0.387 e. The number of ether oxygens (including phenoxy) is 1. The molecule has 0 radical (unpaired) electrons. The summed E-state index contributed by atoms with van der Waals surface area (Å²) < 4.78 is 30.4. The summed E-state index contributed by atoms with van der Waals surface area (Å²) in [6.45, 7) is -0.797. The molecular weight excluding hydrogens is 340 g/mol. The van der Waals surface area contributed by atoms with Gasteiger partial charge >= 0.3 is 6.61 Å². The van der Waals surface area contributed by atoms with Crippen LogP contribution < -0.4 is 10.1 Å². The van der Waals surface area contributed by atoms with Gasteiger partial charge in [-0.15, -0.1) is 0 Å². The molecule has 21 heavy (non-hydrogen) atoms. The lowest BCUT2D eigenvalue weighted by molar-refractivity contribution is -0.0493. The lowest BCUT2D eigenvalue weighted by Gasteiger charge is -2.21. The van der Waals surface area contributed by atoms with Crippen LogP contribution in [-0.2, 0) is 0 Å². The van der Waals surface area contributed by atoms with Crippen LogP contribution in [-0.4, -0.2) is 6.61 Å². The minimum Gasteiger partial charge on any atom is -0.433 e. The highest BCUT2D eigenvalue weighted by Gasteiger charge is 2.14. The van der Waals surface area contributed by atoms with Crippen LogP contribution in [0.3, 0.4) is 0 Å². The van der Waals surface area contributed by atoms with E-state index in [1.165, 1.54) is 6.07 Å². The SMILES string of the molecule is CCC(Nc1ccccc1OC(F)F)c1cccc(Br)c1. The number of anilines is 1. The van der Waals surface area contributed by atoms with Gasteiger partial charge in [0, 0.05) is 4.47 Å². The molecule has 0 aliphatic heterocycles. The Morgan fingerprint density at radius 2 is 1.90 bits per heavy atom. The van der Waals surface area contributed by atoms with E-state index in [2.05, 4.69) is 26.0 Å². The van der Waals surface area contributed by atoms with Crippen molar-refractivity contribution in [2.75, 3.05) is 5.32 Å². The highest BCUT2D eigenvalue weighted by molar-refractivity contribution is 9.10. The molecule has 0 saturated carbocycles. The Hall–Kier alpha value is -1.62. The van der Waals surface area contributed by atoms with Gasteiger partial charge in [0.05, 0.1) is 11.7 Å². The maximum absolute atomic E-state index is 12.4. The Balaban J connectivity index is 2.23. The predicted molar refractivity (Wildman–Crippen MR) is 83.9 cm³/mol. The largest absolute Gasteiger partial charge is 0.433 e. The zero-order valence-corrected chi connectivity index (χ0v) is 13.1. The highest BCUT2D eigenvalue weighted by atomic mass is 79.9. The molecule has 2 nitrogen and oxygen atoms in total. The third-order valence-corrected chi connectivity index (χ3v) is 3.59. The zero-order valence-electron chi connectivity index (χ0n) is 11.5. The van der Waals surface area contributed by atoms with E-state index in [0.717, 1.165) is 16.5 Å². The summed E-state index contributed by atoms with van der Waals surface area (Å²) in [4.78, 5) is 0. The van der Waals surface area contributed by atoms with Gasteiger partial charge in [-0.05, 0) is 36.2 Å².